The first-order valence-electron chi connectivity index (χ1n) is 2.38. The first kappa shape index (κ1) is 6.40. The minimum absolute atomic E-state index is 0.259. The molecule has 0 fully saturated rings. The lowest BCUT2D eigenvalue weighted by atomic mass is 10.5. The summed E-state index contributed by atoms with van der Waals surface area (Å²) in [6.45, 7) is 0. The highest BCUT2D eigenvalue weighted by atomic mass is 16.2. The van der Waals surface area contributed by atoms with Crippen LogP contribution in [0.25, 0.3) is 0 Å². The van der Waals surface area contributed by atoms with Crippen LogP contribution < -0.4 is 11.2 Å². The van der Waals surface area contributed by atoms with Gasteiger partial charge in [-0.05, 0) is 0 Å². The number of nitrogens with zero attached hydrogens (tertiary/aromatic N) is 1. The van der Waals surface area contributed by atoms with Gasteiger partial charge in [-0.3, -0.25) is 14.6 Å². The van der Waals surface area contributed by atoms with Crippen molar-refractivity contribution in [3.63, 3.8) is 0 Å². The monoisotopic (exact) mass is 141 g/mol. The van der Waals surface area contributed by atoms with Crippen LogP contribution in [0.1, 0.15) is 10.5 Å². The number of hydrogen-bond donors (Lipinski definition) is 2. The normalized spacial score (nSPS) is 9.20. The van der Waals surface area contributed by atoms with Gasteiger partial charge in [-0.1, -0.05) is 0 Å². The van der Waals surface area contributed by atoms with Crippen molar-refractivity contribution in [2.45, 2.75) is 0 Å². The van der Waals surface area contributed by atoms with Gasteiger partial charge in [-0.25, -0.2) is 9.89 Å². The van der Waals surface area contributed by atoms with E-state index in [-0.39, 0.29) is 12.0 Å². The quantitative estimate of drug-likeness (QED) is 0.454. The number of aldehydes is 1. The van der Waals surface area contributed by atoms with Gasteiger partial charge in [-0.2, -0.15) is 5.10 Å². The fourth-order valence-corrected chi connectivity index (χ4v) is 0.437. The SMILES string of the molecule is O=Cc1n[nH]c(=O)[nH]c1=O. The number of rotatable bonds is 1. The Bertz CT molecular complexity index is 349. The summed E-state index contributed by atoms with van der Waals surface area (Å²) < 4.78 is 0. The zero-order valence-corrected chi connectivity index (χ0v) is 4.75. The molecule has 0 spiro atoms. The van der Waals surface area contributed by atoms with Gasteiger partial charge in [-0.15, -0.1) is 0 Å². The van der Waals surface area contributed by atoms with Gasteiger partial charge in [0.05, 0.1) is 0 Å². The number of carbonyl (C=O) groups excluding carboxylic acids is 1. The Morgan fingerprint density at radius 3 is 2.60 bits per heavy atom. The lowest BCUT2D eigenvalue weighted by Crippen LogP contribution is -2.26. The fraction of sp³-hybridized carbons (Fsp3) is 0. The van der Waals surface area contributed by atoms with Gasteiger partial charge < -0.3 is 0 Å². The average Bonchev–Trinajstić information content (AvgIpc) is 1.88. The van der Waals surface area contributed by atoms with E-state index in [1.165, 1.54) is 0 Å². The summed E-state index contributed by atoms with van der Waals surface area (Å²) >= 11 is 0. The summed E-state index contributed by atoms with van der Waals surface area (Å²) in [4.78, 5) is 32.5. The molecule has 0 bridgehead atoms. The van der Waals surface area contributed by atoms with Crippen molar-refractivity contribution in [3.8, 4) is 0 Å². The third-order valence-electron chi connectivity index (χ3n) is 0.849. The molecule has 0 atom stereocenters. The minimum Gasteiger partial charge on any atom is -0.296 e. The summed E-state index contributed by atoms with van der Waals surface area (Å²) in [7, 11) is 0. The fourth-order valence-electron chi connectivity index (χ4n) is 0.437. The van der Waals surface area contributed by atoms with Crippen LogP contribution in [-0.4, -0.2) is 21.5 Å². The Labute approximate surface area is 53.9 Å². The van der Waals surface area contributed by atoms with Crippen LogP contribution in [-0.2, 0) is 0 Å². The van der Waals surface area contributed by atoms with Crippen molar-refractivity contribution >= 4 is 6.29 Å². The molecule has 2 N–H and O–H groups in total. The van der Waals surface area contributed by atoms with E-state index >= 15 is 0 Å². The second-order valence-electron chi connectivity index (χ2n) is 1.51. The van der Waals surface area contributed by atoms with Crippen LogP contribution in [0.2, 0.25) is 0 Å². The molecule has 0 amide bonds. The van der Waals surface area contributed by atoms with Crippen molar-refractivity contribution in [2.24, 2.45) is 0 Å². The van der Waals surface area contributed by atoms with E-state index in [0.717, 1.165) is 0 Å². The van der Waals surface area contributed by atoms with E-state index in [0.29, 0.717) is 0 Å². The van der Waals surface area contributed by atoms with Crippen molar-refractivity contribution < 1.29 is 4.79 Å². The van der Waals surface area contributed by atoms with Crippen molar-refractivity contribution in [3.05, 3.63) is 26.5 Å². The van der Waals surface area contributed by atoms with Crippen molar-refractivity contribution in [2.75, 3.05) is 0 Å². The largest absolute Gasteiger partial charge is 0.342 e. The first-order valence-corrected chi connectivity index (χ1v) is 2.38. The molecule has 0 radical (unpaired) electrons. The molecule has 0 aliphatic rings. The summed E-state index contributed by atoms with van der Waals surface area (Å²) in [5.74, 6) is 0. The number of H-pyrrole nitrogens is 2. The summed E-state index contributed by atoms with van der Waals surface area (Å²) in [6.07, 6.45) is 0.259. The zero-order chi connectivity index (χ0) is 7.56. The van der Waals surface area contributed by atoms with E-state index in [9.17, 15) is 14.4 Å². The second kappa shape index (κ2) is 2.26. The molecule has 0 saturated carbocycles. The molecule has 52 valence electrons. The molecule has 10 heavy (non-hydrogen) atoms. The number of aromatic nitrogens is 3. The Morgan fingerprint density at radius 1 is 1.40 bits per heavy atom. The van der Waals surface area contributed by atoms with Gasteiger partial charge in [0.25, 0.3) is 5.56 Å². The van der Waals surface area contributed by atoms with E-state index in [1.807, 2.05) is 10.1 Å². The van der Waals surface area contributed by atoms with E-state index in [2.05, 4.69) is 5.10 Å². The van der Waals surface area contributed by atoms with E-state index < -0.39 is 11.2 Å². The van der Waals surface area contributed by atoms with Crippen LogP contribution in [0.3, 0.4) is 0 Å². The molecule has 1 aromatic heterocycles. The highest BCUT2D eigenvalue weighted by Crippen LogP contribution is 1.64. The summed E-state index contributed by atoms with van der Waals surface area (Å²) in [5, 5.41) is 5.05. The third kappa shape index (κ3) is 0.993. The topological polar surface area (TPSA) is 95.7 Å². The number of nitrogens with one attached hydrogen (secondary N) is 2. The molecule has 1 aromatic rings. The highest BCUT2D eigenvalue weighted by molar-refractivity contribution is 5.70. The molecule has 0 aliphatic carbocycles. The number of hydrogen-bond acceptors (Lipinski definition) is 4. The Kier molecular flexibility index (Phi) is 1.44. The van der Waals surface area contributed by atoms with Crippen molar-refractivity contribution in [1.29, 1.82) is 0 Å². The standard InChI is InChI=1S/C4H3N3O3/c8-1-2-3(9)5-4(10)7-6-2/h1H,(H2,5,7,9,10). The van der Waals surface area contributed by atoms with Gasteiger partial charge in [0, 0.05) is 0 Å². The summed E-state index contributed by atoms with van der Waals surface area (Å²) in [6, 6.07) is 0. The van der Waals surface area contributed by atoms with Crippen LogP contribution in [0.4, 0.5) is 0 Å². The van der Waals surface area contributed by atoms with Crippen LogP contribution in [0, 0.1) is 0 Å². The number of aromatic amines is 2. The zero-order valence-electron chi connectivity index (χ0n) is 4.75. The molecule has 1 rings (SSSR count). The molecule has 6 nitrogen and oxygen atoms in total. The molecular weight excluding hydrogens is 138 g/mol. The van der Waals surface area contributed by atoms with Gasteiger partial charge in [0.15, 0.2) is 12.0 Å². The van der Waals surface area contributed by atoms with E-state index in [1.54, 1.807) is 0 Å². The maximum absolute atomic E-state index is 10.5. The smallest absolute Gasteiger partial charge is 0.296 e. The molecule has 0 aliphatic heterocycles. The number of carbonyl (C=O) groups is 1. The third-order valence-corrected chi connectivity index (χ3v) is 0.849. The lowest BCUT2D eigenvalue weighted by molar-refractivity contribution is 0.111. The van der Waals surface area contributed by atoms with Crippen molar-refractivity contribution in [1.82, 2.24) is 15.2 Å². The Balaban J connectivity index is 3.48. The van der Waals surface area contributed by atoms with Gasteiger partial charge >= 0.3 is 5.69 Å². The Morgan fingerprint density at radius 2 is 2.10 bits per heavy atom. The summed E-state index contributed by atoms with van der Waals surface area (Å²) in [5.41, 5.74) is -1.84. The van der Waals surface area contributed by atoms with Gasteiger partial charge in [0.1, 0.15) is 0 Å². The lowest BCUT2D eigenvalue weighted by Gasteiger charge is -1.82. The molecule has 6 heteroatoms. The highest BCUT2D eigenvalue weighted by Gasteiger charge is 1.96. The van der Waals surface area contributed by atoms with Gasteiger partial charge in [0.2, 0.25) is 0 Å². The first-order chi connectivity index (χ1) is 4.74. The molecule has 0 aromatic carbocycles. The van der Waals surface area contributed by atoms with Crippen LogP contribution in [0.15, 0.2) is 9.59 Å². The molecule has 0 unspecified atom stereocenters. The predicted molar refractivity (Wildman–Crippen MR) is 30.9 cm³/mol. The van der Waals surface area contributed by atoms with E-state index in [4.69, 9.17) is 0 Å². The Hall–Kier alpha value is -1.72. The van der Waals surface area contributed by atoms with Crippen LogP contribution in [0.5, 0.6) is 0 Å². The molecular formula is C4H3N3O3. The average molecular weight is 141 g/mol. The maximum Gasteiger partial charge on any atom is 0.342 e. The maximum atomic E-state index is 10.5. The predicted octanol–water partition coefficient (Wildman–Crippen LogP) is -1.73. The molecule has 0 saturated heterocycles. The molecule has 1 heterocycles. The van der Waals surface area contributed by atoms with Crippen LogP contribution >= 0.6 is 0 Å². The minimum atomic E-state index is -0.779. The second-order valence-corrected chi connectivity index (χ2v) is 1.51.